The van der Waals surface area contributed by atoms with Gasteiger partial charge >= 0.3 is 13.1 Å². The lowest BCUT2D eigenvalue weighted by Crippen LogP contribution is -2.41. The molecule has 2 aliphatic heterocycles. The normalized spacial score (nSPS) is 33.7. The van der Waals surface area contributed by atoms with Crippen LogP contribution in [-0.2, 0) is 18.8 Å². The number of hydrogen-bond acceptors (Lipinski definition) is 5. The lowest BCUT2D eigenvalue weighted by Gasteiger charge is -2.32. The van der Waals surface area contributed by atoms with Crippen molar-refractivity contribution >= 4 is 13.1 Å². The molecule has 2 heterocycles. The Morgan fingerprint density at radius 3 is 2.28 bits per heavy atom. The number of methoxy groups -OCH3 is 1. The van der Waals surface area contributed by atoms with Crippen LogP contribution in [0.15, 0.2) is 0 Å². The predicted octanol–water partition coefficient (Wildman–Crippen LogP) is 0.841. The van der Waals surface area contributed by atoms with Crippen molar-refractivity contribution in [2.24, 2.45) is 5.92 Å². The Morgan fingerprint density at radius 2 is 1.78 bits per heavy atom. The Balaban J connectivity index is 2.11. The third-order valence-electron chi connectivity index (χ3n) is 4.39. The third-order valence-corrected chi connectivity index (χ3v) is 4.39. The summed E-state index contributed by atoms with van der Waals surface area (Å²) in [4.78, 5) is 11.7. The van der Waals surface area contributed by atoms with Crippen LogP contribution in [0.5, 0.6) is 0 Å². The third kappa shape index (κ3) is 2.17. The molecule has 2 atom stereocenters. The summed E-state index contributed by atoms with van der Waals surface area (Å²) in [5.74, 6) is -0.372. The van der Waals surface area contributed by atoms with Crippen molar-refractivity contribution in [3.05, 3.63) is 0 Å². The number of ether oxygens (including phenoxy) is 1. The standard InChI is InChI=1S/C12H22BNO4/c1-11(2)12(3,4)18-13(17-11)9-7-14-6-8(9)10(15)16-5/h8-9,14H,6-7H2,1-5H3/t8-,9-/m0/s1. The highest BCUT2D eigenvalue weighted by Crippen LogP contribution is 2.42. The van der Waals surface area contributed by atoms with Crippen molar-refractivity contribution in [3.63, 3.8) is 0 Å². The summed E-state index contributed by atoms with van der Waals surface area (Å²) in [7, 11) is 1.07. The zero-order valence-electron chi connectivity index (χ0n) is 11.8. The molecule has 1 N–H and O–H groups in total. The van der Waals surface area contributed by atoms with E-state index in [4.69, 9.17) is 14.0 Å². The van der Waals surface area contributed by atoms with Crippen molar-refractivity contribution in [1.29, 1.82) is 0 Å². The van der Waals surface area contributed by atoms with Crippen molar-refractivity contribution in [3.8, 4) is 0 Å². The smallest absolute Gasteiger partial charge is 0.463 e. The van der Waals surface area contributed by atoms with E-state index in [1.54, 1.807) is 0 Å². The number of carbonyl (C=O) groups is 1. The molecular formula is C12H22BNO4. The van der Waals surface area contributed by atoms with Gasteiger partial charge in [-0.1, -0.05) is 0 Å². The van der Waals surface area contributed by atoms with Crippen LogP contribution < -0.4 is 5.32 Å². The van der Waals surface area contributed by atoms with Crippen LogP contribution in [0.1, 0.15) is 27.7 Å². The maximum Gasteiger partial charge on any atom is 0.463 e. The van der Waals surface area contributed by atoms with Gasteiger partial charge in [0.1, 0.15) is 0 Å². The molecule has 0 aromatic heterocycles. The van der Waals surface area contributed by atoms with Gasteiger partial charge in [-0.15, -0.1) is 0 Å². The van der Waals surface area contributed by atoms with E-state index in [0.717, 1.165) is 6.54 Å². The molecule has 0 aromatic carbocycles. The van der Waals surface area contributed by atoms with Crippen molar-refractivity contribution in [1.82, 2.24) is 5.32 Å². The van der Waals surface area contributed by atoms with Crippen LogP contribution >= 0.6 is 0 Å². The highest BCUT2D eigenvalue weighted by Gasteiger charge is 2.56. The van der Waals surface area contributed by atoms with Crippen LogP contribution in [-0.4, -0.2) is 44.5 Å². The Hall–Kier alpha value is -0.585. The Morgan fingerprint density at radius 1 is 1.22 bits per heavy atom. The fourth-order valence-electron chi connectivity index (χ4n) is 2.46. The second-order valence-electron chi connectivity index (χ2n) is 6.08. The van der Waals surface area contributed by atoms with Gasteiger partial charge in [0.25, 0.3) is 0 Å². The molecular weight excluding hydrogens is 233 g/mol. The van der Waals surface area contributed by atoms with Gasteiger partial charge in [-0.25, -0.2) is 0 Å². The maximum atomic E-state index is 11.7. The van der Waals surface area contributed by atoms with Gasteiger partial charge in [-0.05, 0) is 34.2 Å². The van der Waals surface area contributed by atoms with Crippen LogP contribution in [0, 0.1) is 5.92 Å². The zero-order chi connectivity index (χ0) is 13.6. The monoisotopic (exact) mass is 255 g/mol. The Bertz CT molecular complexity index is 329. The summed E-state index contributed by atoms with van der Waals surface area (Å²) < 4.78 is 16.8. The molecule has 18 heavy (non-hydrogen) atoms. The van der Waals surface area contributed by atoms with Gasteiger partial charge in [-0.3, -0.25) is 4.79 Å². The summed E-state index contributed by atoms with van der Waals surface area (Å²) >= 11 is 0. The second-order valence-corrected chi connectivity index (χ2v) is 6.08. The number of carbonyl (C=O) groups excluding carboxylic acids is 1. The first kappa shape index (κ1) is 13.8. The molecule has 0 spiro atoms. The first-order valence-electron chi connectivity index (χ1n) is 6.43. The lowest BCUT2D eigenvalue weighted by molar-refractivity contribution is -0.144. The number of rotatable bonds is 2. The van der Waals surface area contributed by atoms with Crippen molar-refractivity contribution in [2.75, 3.05) is 20.2 Å². The Kier molecular flexibility index (Phi) is 3.47. The van der Waals surface area contributed by atoms with Crippen LogP contribution in [0.3, 0.4) is 0 Å². The van der Waals surface area contributed by atoms with Crippen LogP contribution in [0.4, 0.5) is 0 Å². The summed E-state index contributed by atoms with van der Waals surface area (Å²) in [6.07, 6.45) is 0. The molecule has 102 valence electrons. The predicted molar refractivity (Wildman–Crippen MR) is 68.2 cm³/mol. The largest absolute Gasteiger partial charge is 0.469 e. The zero-order valence-corrected chi connectivity index (χ0v) is 11.8. The molecule has 2 rings (SSSR count). The number of esters is 1. The first-order chi connectivity index (χ1) is 8.28. The van der Waals surface area contributed by atoms with Crippen LogP contribution in [0.2, 0.25) is 5.82 Å². The first-order valence-corrected chi connectivity index (χ1v) is 6.43. The summed E-state index contributed by atoms with van der Waals surface area (Å²) in [5.41, 5.74) is -0.720. The van der Waals surface area contributed by atoms with E-state index >= 15 is 0 Å². The SMILES string of the molecule is COC(=O)[C@H]1CNC[C@@H]1B1OC(C)(C)C(C)(C)O1. The fourth-order valence-corrected chi connectivity index (χ4v) is 2.46. The van der Waals surface area contributed by atoms with Crippen LogP contribution in [0.25, 0.3) is 0 Å². The van der Waals surface area contributed by atoms with Gasteiger partial charge < -0.3 is 19.4 Å². The minimum atomic E-state index is -0.360. The fraction of sp³-hybridized carbons (Fsp3) is 0.917. The van der Waals surface area contributed by atoms with E-state index in [1.165, 1.54) is 7.11 Å². The summed E-state index contributed by atoms with van der Waals surface area (Å²) in [5, 5.41) is 3.21. The molecule has 0 aromatic rings. The molecule has 0 unspecified atom stereocenters. The number of hydrogen-bond donors (Lipinski definition) is 1. The van der Waals surface area contributed by atoms with Crippen molar-refractivity contribution < 1.29 is 18.8 Å². The highest BCUT2D eigenvalue weighted by atomic mass is 16.7. The van der Waals surface area contributed by atoms with E-state index in [0.29, 0.717) is 6.54 Å². The van der Waals surface area contributed by atoms with E-state index < -0.39 is 0 Å². The quantitative estimate of drug-likeness (QED) is 0.585. The minimum absolute atomic E-state index is 0.0125. The average Bonchev–Trinajstić information content (AvgIpc) is 2.81. The molecule has 0 radical (unpaired) electrons. The van der Waals surface area contributed by atoms with E-state index in [-0.39, 0.29) is 36.0 Å². The van der Waals surface area contributed by atoms with E-state index in [9.17, 15) is 4.79 Å². The molecule has 5 nitrogen and oxygen atoms in total. The molecule has 0 aliphatic carbocycles. The van der Waals surface area contributed by atoms with E-state index in [1.807, 2.05) is 27.7 Å². The summed E-state index contributed by atoms with van der Waals surface area (Å²) in [6, 6.07) is 0. The van der Waals surface area contributed by atoms with E-state index in [2.05, 4.69) is 5.32 Å². The molecule has 0 saturated carbocycles. The van der Waals surface area contributed by atoms with Gasteiger partial charge in [0.2, 0.25) is 0 Å². The van der Waals surface area contributed by atoms with Crippen molar-refractivity contribution in [2.45, 2.75) is 44.7 Å². The average molecular weight is 255 g/mol. The molecule has 2 aliphatic rings. The molecule has 2 saturated heterocycles. The maximum absolute atomic E-state index is 11.7. The molecule has 2 fully saturated rings. The molecule has 0 bridgehead atoms. The second kappa shape index (κ2) is 4.51. The van der Waals surface area contributed by atoms with Gasteiger partial charge in [-0.2, -0.15) is 0 Å². The summed E-state index contributed by atoms with van der Waals surface area (Å²) in [6.45, 7) is 9.41. The molecule has 6 heteroatoms. The van der Waals surface area contributed by atoms with Gasteiger partial charge in [0, 0.05) is 12.4 Å². The van der Waals surface area contributed by atoms with Gasteiger partial charge in [0.15, 0.2) is 0 Å². The lowest BCUT2D eigenvalue weighted by atomic mass is 9.66. The van der Waals surface area contributed by atoms with Gasteiger partial charge in [0.05, 0.1) is 24.2 Å². The highest BCUT2D eigenvalue weighted by molar-refractivity contribution is 6.48. The topological polar surface area (TPSA) is 56.8 Å². The Labute approximate surface area is 109 Å². The molecule has 0 amide bonds. The minimum Gasteiger partial charge on any atom is -0.469 e. The number of nitrogens with one attached hydrogen (secondary N) is 1.